The molecule has 104 valence electrons. The van der Waals surface area contributed by atoms with E-state index in [2.05, 4.69) is 4.98 Å². The van der Waals surface area contributed by atoms with Crippen molar-refractivity contribution in [1.29, 1.82) is 0 Å². The van der Waals surface area contributed by atoms with E-state index in [9.17, 15) is 4.79 Å². The number of aromatic nitrogens is 1. The standard InChI is InChI=1S/C15H15NO3S/c1-3-19-12-6-4-11(5-7-12)15-16-10(2)13(20-15)8-9-14(17)18/h4-9H,3H2,1-2H3,(H,17,18)/b9-8+. The van der Waals surface area contributed by atoms with Crippen LogP contribution in [-0.4, -0.2) is 22.7 Å². The topological polar surface area (TPSA) is 59.4 Å². The zero-order chi connectivity index (χ0) is 14.5. The first kappa shape index (κ1) is 14.3. The summed E-state index contributed by atoms with van der Waals surface area (Å²) >= 11 is 1.47. The molecule has 1 N–H and O–H groups in total. The van der Waals surface area contributed by atoms with Gasteiger partial charge in [-0.05, 0) is 44.2 Å². The van der Waals surface area contributed by atoms with E-state index in [4.69, 9.17) is 9.84 Å². The maximum Gasteiger partial charge on any atom is 0.328 e. The Balaban J connectivity index is 2.25. The SMILES string of the molecule is CCOc1ccc(-c2nc(C)c(/C=C/C(=O)O)s2)cc1. The molecular formula is C15H15NO3S. The third-order valence-corrected chi connectivity index (χ3v) is 3.79. The highest BCUT2D eigenvalue weighted by atomic mass is 32.1. The lowest BCUT2D eigenvalue weighted by Crippen LogP contribution is -1.90. The van der Waals surface area contributed by atoms with Crippen LogP contribution in [-0.2, 0) is 4.79 Å². The quantitative estimate of drug-likeness (QED) is 0.854. The first-order valence-corrected chi connectivity index (χ1v) is 7.03. The van der Waals surface area contributed by atoms with Crippen LogP contribution in [0.5, 0.6) is 5.75 Å². The van der Waals surface area contributed by atoms with Gasteiger partial charge in [0.1, 0.15) is 10.8 Å². The van der Waals surface area contributed by atoms with Gasteiger partial charge in [-0.1, -0.05) is 0 Å². The van der Waals surface area contributed by atoms with Gasteiger partial charge >= 0.3 is 5.97 Å². The molecule has 0 saturated heterocycles. The van der Waals surface area contributed by atoms with E-state index in [-0.39, 0.29) is 0 Å². The van der Waals surface area contributed by atoms with Crippen molar-refractivity contribution < 1.29 is 14.6 Å². The molecule has 0 unspecified atom stereocenters. The average Bonchev–Trinajstić information content (AvgIpc) is 2.79. The summed E-state index contributed by atoms with van der Waals surface area (Å²) < 4.78 is 5.40. The number of ether oxygens (including phenoxy) is 1. The van der Waals surface area contributed by atoms with E-state index in [0.717, 1.165) is 33.0 Å². The lowest BCUT2D eigenvalue weighted by molar-refractivity contribution is -0.131. The smallest absolute Gasteiger partial charge is 0.328 e. The molecule has 0 atom stereocenters. The second-order valence-corrected chi connectivity index (χ2v) is 5.13. The molecule has 5 heteroatoms. The van der Waals surface area contributed by atoms with Gasteiger partial charge in [0.05, 0.1) is 17.2 Å². The first-order valence-electron chi connectivity index (χ1n) is 6.22. The number of thiazole rings is 1. The fourth-order valence-electron chi connectivity index (χ4n) is 1.69. The number of hydrogen-bond donors (Lipinski definition) is 1. The van der Waals surface area contributed by atoms with Crippen molar-refractivity contribution in [2.45, 2.75) is 13.8 Å². The van der Waals surface area contributed by atoms with Crippen molar-refractivity contribution in [2.24, 2.45) is 0 Å². The highest BCUT2D eigenvalue weighted by Gasteiger charge is 2.08. The number of aryl methyl sites for hydroxylation is 1. The van der Waals surface area contributed by atoms with Crippen LogP contribution < -0.4 is 4.74 Å². The van der Waals surface area contributed by atoms with Crippen LogP contribution in [0.2, 0.25) is 0 Å². The highest BCUT2D eigenvalue weighted by Crippen LogP contribution is 2.29. The summed E-state index contributed by atoms with van der Waals surface area (Å²) in [6.45, 7) is 4.45. The summed E-state index contributed by atoms with van der Waals surface area (Å²) in [5.74, 6) is -0.129. The number of carboxylic acid groups (broad SMARTS) is 1. The molecule has 0 aliphatic rings. The Labute approximate surface area is 121 Å². The third kappa shape index (κ3) is 3.45. The summed E-state index contributed by atoms with van der Waals surface area (Å²) in [7, 11) is 0. The first-order chi connectivity index (χ1) is 9.60. The minimum atomic E-state index is -0.958. The molecule has 0 aliphatic carbocycles. The van der Waals surface area contributed by atoms with Crippen LogP contribution >= 0.6 is 11.3 Å². The molecule has 0 fully saturated rings. The number of aliphatic carboxylic acids is 1. The molecule has 0 amide bonds. The van der Waals surface area contributed by atoms with Gasteiger partial charge in [0.25, 0.3) is 0 Å². The van der Waals surface area contributed by atoms with Crippen LogP contribution in [0, 0.1) is 6.92 Å². The Kier molecular flexibility index (Phi) is 4.53. The normalized spacial score (nSPS) is 10.9. The van der Waals surface area contributed by atoms with E-state index < -0.39 is 5.97 Å². The molecule has 0 bridgehead atoms. The highest BCUT2D eigenvalue weighted by molar-refractivity contribution is 7.16. The number of hydrogen-bond acceptors (Lipinski definition) is 4. The van der Waals surface area contributed by atoms with E-state index in [0.29, 0.717) is 6.61 Å². The van der Waals surface area contributed by atoms with Crippen molar-refractivity contribution in [3.05, 3.63) is 40.9 Å². The molecule has 2 aromatic rings. The van der Waals surface area contributed by atoms with E-state index in [1.807, 2.05) is 38.1 Å². The van der Waals surface area contributed by atoms with Crippen molar-refractivity contribution in [2.75, 3.05) is 6.61 Å². The molecular weight excluding hydrogens is 274 g/mol. The minimum absolute atomic E-state index is 0.639. The third-order valence-electron chi connectivity index (χ3n) is 2.62. The van der Waals surface area contributed by atoms with E-state index >= 15 is 0 Å². The molecule has 20 heavy (non-hydrogen) atoms. The minimum Gasteiger partial charge on any atom is -0.494 e. The molecule has 2 rings (SSSR count). The maximum atomic E-state index is 10.5. The number of carboxylic acids is 1. The van der Waals surface area contributed by atoms with Crippen LogP contribution in [0.25, 0.3) is 16.6 Å². The Bertz CT molecular complexity index is 629. The lowest BCUT2D eigenvalue weighted by Gasteiger charge is -2.02. The predicted octanol–water partition coefficient (Wildman–Crippen LogP) is 3.62. The Morgan fingerprint density at radius 1 is 1.40 bits per heavy atom. The van der Waals surface area contributed by atoms with Gasteiger partial charge in [0, 0.05) is 11.6 Å². The average molecular weight is 289 g/mol. The fraction of sp³-hybridized carbons (Fsp3) is 0.200. The van der Waals surface area contributed by atoms with Crippen molar-refractivity contribution in [3.63, 3.8) is 0 Å². The predicted molar refractivity (Wildman–Crippen MR) is 80.1 cm³/mol. The van der Waals surface area contributed by atoms with Gasteiger partial charge in [0.2, 0.25) is 0 Å². The second kappa shape index (κ2) is 6.34. The Morgan fingerprint density at radius 3 is 2.70 bits per heavy atom. The van der Waals surface area contributed by atoms with E-state index in [1.54, 1.807) is 6.08 Å². The molecule has 4 nitrogen and oxygen atoms in total. The van der Waals surface area contributed by atoms with Crippen LogP contribution in [0.1, 0.15) is 17.5 Å². The summed E-state index contributed by atoms with van der Waals surface area (Å²) in [6, 6.07) is 7.71. The summed E-state index contributed by atoms with van der Waals surface area (Å²) in [5, 5.41) is 9.53. The molecule has 0 radical (unpaired) electrons. The molecule has 0 spiro atoms. The van der Waals surface area contributed by atoms with Gasteiger partial charge in [0.15, 0.2) is 0 Å². The van der Waals surface area contributed by atoms with Gasteiger partial charge in [-0.3, -0.25) is 0 Å². The zero-order valence-corrected chi connectivity index (χ0v) is 12.1. The largest absolute Gasteiger partial charge is 0.494 e. The fourth-order valence-corrected chi connectivity index (χ4v) is 2.67. The Morgan fingerprint density at radius 2 is 2.10 bits per heavy atom. The van der Waals surface area contributed by atoms with Gasteiger partial charge in [-0.15, -0.1) is 11.3 Å². The number of benzene rings is 1. The van der Waals surface area contributed by atoms with Crippen LogP contribution in [0.4, 0.5) is 0 Å². The van der Waals surface area contributed by atoms with Crippen molar-refractivity contribution in [1.82, 2.24) is 4.98 Å². The number of nitrogens with zero attached hydrogens (tertiary/aromatic N) is 1. The zero-order valence-electron chi connectivity index (χ0n) is 11.3. The summed E-state index contributed by atoms with van der Waals surface area (Å²) in [5.41, 5.74) is 1.83. The molecule has 1 aromatic carbocycles. The lowest BCUT2D eigenvalue weighted by atomic mass is 10.2. The number of rotatable bonds is 5. The van der Waals surface area contributed by atoms with Crippen LogP contribution in [0.15, 0.2) is 30.3 Å². The van der Waals surface area contributed by atoms with Gasteiger partial charge in [-0.2, -0.15) is 0 Å². The summed E-state index contributed by atoms with van der Waals surface area (Å²) in [6.07, 6.45) is 2.70. The molecule has 0 saturated carbocycles. The van der Waals surface area contributed by atoms with Crippen molar-refractivity contribution in [3.8, 4) is 16.3 Å². The van der Waals surface area contributed by atoms with Gasteiger partial charge in [-0.25, -0.2) is 9.78 Å². The van der Waals surface area contributed by atoms with Crippen molar-refractivity contribution >= 4 is 23.4 Å². The van der Waals surface area contributed by atoms with Crippen LogP contribution in [0.3, 0.4) is 0 Å². The number of carbonyl (C=O) groups is 1. The molecule has 1 aromatic heterocycles. The summed E-state index contributed by atoms with van der Waals surface area (Å²) in [4.78, 5) is 15.9. The van der Waals surface area contributed by atoms with E-state index in [1.165, 1.54) is 11.3 Å². The van der Waals surface area contributed by atoms with Gasteiger partial charge < -0.3 is 9.84 Å². The molecule has 0 aliphatic heterocycles. The maximum absolute atomic E-state index is 10.5. The monoisotopic (exact) mass is 289 g/mol. The molecule has 1 heterocycles. The second-order valence-electron chi connectivity index (χ2n) is 4.10. The Hall–Kier alpha value is -2.14.